The molecule has 244 valence electrons. The summed E-state index contributed by atoms with van der Waals surface area (Å²) in [6.45, 7) is 6.27. The Kier molecular flexibility index (Phi) is 9.02. The van der Waals surface area contributed by atoms with E-state index >= 15 is 4.39 Å². The van der Waals surface area contributed by atoms with Gasteiger partial charge in [-0.05, 0) is 62.1 Å². The van der Waals surface area contributed by atoms with Crippen LogP contribution in [-0.4, -0.2) is 50.0 Å². The highest BCUT2D eigenvalue weighted by atomic mass is 19.1. The first-order valence-corrected chi connectivity index (χ1v) is 15.8. The number of piperidine rings is 1. The van der Waals surface area contributed by atoms with Crippen LogP contribution in [0.1, 0.15) is 49.8 Å². The number of carbonyl (C=O) groups excluding carboxylic acids is 1. The number of pyridine rings is 1. The average Bonchev–Trinajstić information content (AvgIpc) is 3.31. The minimum Gasteiger partial charge on any atom is -0.473 e. The molecule has 9 nitrogen and oxygen atoms in total. The van der Waals surface area contributed by atoms with Gasteiger partial charge in [0.15, 0.2) is 0 Å². The number of imidazole rings is 1. The van der Waals surface area contributed by atoms with Gasteiger partial charge in [-0.3, -0.25) is 9.13 Å². The van der Waals surface area contributed by atoms with Gasteiger partial charge in [0.05, 0.1) is 17.6 Å². The Labute approximate surface area is 273 Å². The number of ether oxygens (including phenoxy) is 3. The molecule has 6 rings (SSSR count). The van der Waals surface area contributed by atoms with Crippen LogP contribution in [0.2, 0.25) is 0 Å². The number of hydrogen-bond acceptors (Lipinski definition) is 6. The fraction of sp³-hybridized carbons (Fsp3) is 0.324. The van der Waals surface area contributed by atoms with Crippen LogP contribution < -0.4 is 15.2 Å². The number of likely N-dealkylation sites (tertiary alicyclic amines) is 1. The SMILES string of the molecule is Cn1c(=O)n(-c2ccc(OCc3ccccc3)nc2OCc2ccccc2)c2ccc([C@H]3CCN(C(=O)OC(C)(C)C)C[C@@H]3F)cc21. The van der Waals surface area contributed by atoms with Crippen molar-refractivity contribution >= 4 is 17.1 Å². The van der Waals surface area contributed by atoms with E-state index < -0.39 is 23.8 Å². The molecule has 47 heavy (non-hydrogen) atoms. The molecule has 0 saturated carbocycles. The minimum absolute atomic E-state index is 0.0516. The summed E-state index contributed by atoms with van der Waals surface area (Å²) in [5.74, 6) is 0.184. The van der Waals surface area contributed by atoms with Gasteiger partial charge in [0.2, 0.25) is 11.8 Å². The predicted molar refractivity (Wildman–Crippen MR) is 178 cm³/mol. The molecule has 1 amide bonds. The van der Waals surface area contributed by atoms with E-state index in [2.05, 4.69) is 4.98 Å². The van der Waals surface area contributed by atoms with Crippen molar-refractivity contribution in [3.8, 4) is 17.4 Å². The first-order valence-electron chi connectivity index (χ1n) is 15.8. The number of aryl methyl sites for hydroxylation is 1. The Morgan fingerprint density at radius 3 is 2.19 bits per heavy atom. The largest absolute Gasteiger partial charge is 0.473 e. The molecule has 0 unspecified atom stereocenters. The van der Waals surface area contributed by atoms with Crippen molar-refractivity contribution < 1.29 is 23.4 Å². The second-order valence-corrected chi connectivity index (χ2v) is 12.8. The first-order chi connectivity index (χ1) is 22.6. The normalized spacial score (nSPS) is 16.7. The lowest BCUT2D eigenvalue weighted by Crippen LogP contribution is -2.46. The van der Waals surface area contributed by atoms with Crippen LogP contribution in [0, 0.1) is 0 Å². The zero-order chi connectivity index (χ0) is 33.1. The van der Waals surface area contributed by atoms with E-state index in [0.717, 1.165) is 16.7 Å². The number of carbonyl (C=O) groups is 1. The van der Waals surface area contributed by atoms with Crippen LogP contribution >= 0.6 is 0 Å². The Balaban J connectivity index is 1.30. The molecule has 2 aromatic heterocycles. The Morgan fingerprint density at radius 1 is 0.894 bits per heavy atom. The number of alkyl halides is 1. The van der Waals surface area contributed by atoms with Crippen LogP contribution in [-0.2, 0) is 25.0 Å². The zero-order valence-electron chi connectivity index (χ0n) is 27.1. The lowest BCUT2D eigenvalue weighted by molar-refractivity contribution is 0.0111. The van der Waals surface area contributed by atoms with Crippen molar-refractivity contribution in [1.82, 2.24) is 19.0 Å². The number of rotatable bonds is 8. The third-order valence-corrected chi connectivity index (χ3v) is 8.20. The summed E-state index contributed by atoms with van der Waals surface area (Å²) in [4.78, 5) is 32.4. The minimum atomic E-state index is -1.28. The standard InChI is InChI=1S/C37H39FN4O5/c1-37(2,3)47-36(44)41-20-19-28(29(38)22-41)27-15-16-30-32(21-27)40(4)35(43)42(30)31-17-18-33(45-23-25-11-7-5-8-12-25)39-34(31)46-24-26-13-9-6-10-14-26/h5-18,21,28-29H,19-20,22-24H2,1-4H3/t28-,29+/m1/s1. The van der Waals surface area contributed by atoms with Gasteiger partial charge < -0.3 is 19.1 Å². The smallest absolute Gasteiger partial charge is 0.410 e. The highest BCUT2D eigenvalue weighted by molar-refractivity contribution is 5.80. The Bertz CT molecular complexity index is 1920. The van der Waals surface area contributed by atoms with Crippen molar-refractivity contribution in [3.05, 3.63) is 118 Å². The molecule has 1 aliphatic heterocycles. The van der Waals surface area contributed by atoms with Gasteiger partial charge in [-0.2, -0.15) is 4.98 Å². The number of nitrogens with zero attached hydrogens (tertiary/aromatic N) is 4. The van der Waals surface area contributed by atoms with E-state index in [9.17, 15) is 9.59 Å². The maximum atomic E-state index is 15.6. The summed E-state index contributed by atoms with van der Waals surface area (Å²) in [6, 6.07) is 28.5. The molecule has 1 saturated heterocycles. The first kappa shape index (κ1) is 31.8. The summed E-state index contributed by atoms with van der Waals surface area (Å²) >= 11 is 0. The molecule has 0 spiro atoms. The third kappa shape index (κ3) is 7.16. The molecule has 0 aliphatic carbocycles. The van der Waals surface area contributed by atoms with E-state index in [1.165, 1.54) is 4.90 Å². The number of amides is 1. The predicted octanol–water partition coefficient (Wildman–Crippen LogP) is 6.94. The third-order valence-electron chi connectivity index (χ3n) is 8.20. The summed E-state index contributed by atoms with van der Waals surface area (Å²) in [5, 5.41) is 0. The average molecular weight is 639 g/mol. The van der Waals surface area contributed by atoms with Crippen molar-refractivity contribution in [3.63, 3.8) is 0 Å². The number of halogens is 1. The van der Waals surface area contributed by atoms with E-state index in [-0.39, 0.29) is 24.7 Å². The van der Waals surface area contributed by atoms with Crippen molar-refractivity contribution in [2.24, 2.45) is 7.05 Å². The van der Waals surface area contributed by atoms with Gasteiger partial charge in [0, 0.05) is 25.6 Å². The van der Waals surface area contributed by atoms with Gasteiger partial charge in [-0.1, -0.05) is 66.7 Å². The van der Waals surface area contributed by atoms with E-state index in [1.807, 2.05) is 78.9 Å². The van der Waals surface area contributed by atoms with Crippen LogP contribution in [0.3, 0.4) is 0 Å². The Hall–Kier alpha value is -5.12. The number of aromatic nitrogens is 3. The van der Waals surface area contributed by atoms with E-state index in [0.29, 0.717) is 42.2 Å². The molecule has 0 N–H and O–H groups in total. The number of hydrogen-bond donors (Lipinski definition) is 0. The number of benzene rings is 3. The summed E-state index contributed by atoms with van der Waals surface area (Å²) in [7, 11) is 1.69. The molecule has 1 aliphatic rings. The second-order valence-electron chi connectivity index (χ2n) is 12.8. The monoisotopic (exact) mass is 638 g/mol. The molecule has 5 aromatic rings. The highest BCUT2D eigenvalue weighted by Gasteiger charge is 2.35. The maximum Gasteiger partial charge on any atom is 0.410 e. The van der Waals surface area contributed by atoms with E-state index in [1.54, 1.807) is 49.1 Å². The van der Waals surface area contributed by atoms with Gasteiger partial charge >= 0.3 is 11.8 Å². The molecule has 2 atom stereocenters. The lowest BCUT2D eigenvalue weighted by atomic mass is 9.88. The van der Waals surface area contributed by atoms with E-state index in [4.69, 9.17) is 14.2 Å². The second kappa shape index (κ2) is 13.3. The molecule has 3 heterocycles. The topological polar surface area (TPSA) is 87.8 Å². The van der Waals surface area contributed by atoms with Crippen LogP contribution in [0.4, 0.5) is 9.18 Å². The maximum absolute atomic E-state index is 15.6. The summed E-state index contributed by atoms with van der Waals surface area (Å²) in [5.41, 5.74) is 3.51. The van der Waals surface area contributed by atoms with Crippen LogP contribution in [0.15, 0.2) is 95.8 Å². The van der Waals surface area contributed by atoms with Gasteiger partial charge in [-0.15, -0.1) is 0 Å². The van der Waals surface area contributed by atoms with Crippen molar-refractivity contribution in [2.45, 2.75) is 58.1 Å². The van der Waals surface area contributed by atoms with Crippen molar-refractivity contribution in [1.29, 1.82) is 0 Å². The molecule has 3 aromatic carbocycles. The lowest BCUT2D eigenvalue weighted by Gasteiger charge is -2.35. The van der Waals surface area contributed by atoms with Gasteiger partial charge in [-0.25, -0.2) is 14.0 Å². The fourth-order valence-corrected chi connectivity index (χ4v) is 5.82. The number of fused-ring (bicyclic) bond motifs is 1. The Morgan fingerprint density at radius 2 is 1.55 bits per heavy atom. The fourth-order valence-electron chi connectivity index (χ4n) is 5.82. The molecule has 0 radical (unpaired) electrons. The zero-order valence-corrected chi connectivity index (χ0v) is 27.1. The molecule has 10 heteroatoms. The molecular formula is C37H39FN4O5. The summed E-state index contributed by atoms with van der Waals surface area (Å²) in [6.07, 6.45) is -1.35. The molecule has 1 fully saturated rings. The summed E-state index contributed by atoms with van der Waals surface area (Å²) < 4.78 is 36.3. The van der Waals surface area contributed by atoms with Crippen molar-refractivity contribution in [2.75, 3.05) is 13.1 Å². The van der Waals surface area contributed by atoms with Crippen LogP contribution in [0.25, 0.3) is 16.7 Å². The highest BCUT2D eigenvalue weighted by Crippen LogP contribution is 2.34. The van der Waals surface area contributed by atoms with Crippen LogP contribution in [0.5, 0.6) is 11.8 Å². The quantitative estimate of drug-likeness (QED) is 0.183. The molecular weight excluding hydrogens is 599 g/mol. The van der Waals surface area contributed by atoms with Gasteiger partial charge in [0.1, 0.15) is 30.7 Å². The van der Waals surface area contributed by atoms with Gasteiger partial charge in [0.25, 0.3) is 0 Å². The molecule has 0 bridgehead atoms.